The molecule has 1 amide bonds. The zero-order valence-electron chi connectivity index (χ0n) is 16.3. The number of thioether (sulfide) groups is 1. The Morgan fingerprint density at radius 2 is 1.97 bits per heavy atom. The van der Waals surface area contributed by atoms with Gasteiger partial charge >= 0.3 is 0 Å². The Hall–Kier alpha value is -2.80. The fourth-order valence-electron chi connectivity index (χ4n) is 3.41. The number of ether oxygens (including phenoxy) is 1. The van der Waals surface area contributed by atoms with E-state index in [0.717, 1.165) is 42.1 Å². The monoisotopic (exact) mass is 409 g/mol. The van der Waals surface area contributed by atoms with Gasteiger partial charge in [0.05, 0.1) is 12.2 Å². The lowest BCUT2D eigenvalue weighted by Gasteiger charge is -2.16. The maximum atomic E-state index is 12.6. The normalized spacial score (nSPS) is 16.2. The number of carbonyl (C=O) groups is 1. The van der Waals surface area contributed by atoms with Crippen LogP contribution in [0.2, 0.25) is 0 Å². The molecule has 1 fully saturated rings. The number of benzene rings is 2. The van der Waals surface area contributed by atoms with E-state index in [1.165, 1.54) is 0 Å². The largest absolute Gasteiger partial charge is 0.493 e. The van der Waals surface area contributed by atoms with Crippen LogP contribution < -0.4 is 4.74 Å². The van der Waals surface area contributed by atoms with Gasteiger partial charge in [-0.3, -0.25) is 4.79 Å². The molecule has 2 aromatic carbocycles. The van der Waals surface area contributed by atoms with Gasteiger partial charge in [-0.15, -0.1) is 10.2 Å². The van der Waals surface area contributed by atoms with Crippen LogP contribution in [0.5, 0.6) is 5.75 Å². The SMILES string of the molecule is CCOc1ccccc1-c1nnc(SCC2CCN(C(=O)c3ccccc3)C2)o1. The van der Waals surface area contributed by atoms with Crippen LogP contribution in [-0.4, -0.2) is 46.5 Å². The van der Waals surface area contributed by atoms with Crippen LogP contribution in [0.1, 0.15) is 23.7 Å². The summed E-state index contributed by atoms with van der Waals surface area (Å²) in [7, 11) is 0. The summed E-state index contributed by atoms with van der Waals surface area (Å²) in [6.45, 7) is 4.07. The summed E-state index contributed by atoms with van der Waals surface area (Å²) in [6.07, 6.45) is 0.986. The van der Waals surface area contributed by atoms with E-state index in [-0.39, 0.29) is 5.91 Å². The first kappa shape index (κ1) is 19.5. The molecular formula is C22H23N3O3S. The number of para-hydroxylation sites is 1. The van der Waals surface area contributed by atoms with Gasteiger partial charge in [0, 0.05) is 24.4 Å². The Labute approximate surface area is 174 Å². The molecule has 29 heavy (non-hydrogen) atoms. The van der Waals surface area contributed by atoms with Crippen molar-refractivity contribution in [2.24, 2.45) is 5.92 Å². The molecule has 2 heterocycles. The molecule has 3 aromatic rings. The predicted octanol–water partition coefficient (Wildman–Crippen LogP) is 4.39. The van der Waals surface area contributed by atoms with Crippen LogP contribution in [-0.2, 0) is 0 Å². The zero-order chi connectivity index (χ0) is 20.1. The molecule has 1 aliphatic heterocycles. The van der Waals surface area contributed by atoms with E-state index in [0.29, 0.717) is 23.6 Å². The molecule has 0 bridgehead atoms. The van der Waals surface area contributed by atoms with Crippen LogP contribution in [0.25, 0.3) is 11.5 Å². The lowest BCUT2D eigenvalue weighted by Crippen LogP contribution is -2.28. The smallest absolute Gasteiger partial charge is 0.276 e. The van der Waals surface area contributed by atoms with Crippen molar-refractivity contribution in [1.29, 1.82) is 0 Å². The summed E-state index contributed by atoms with van der Waals surface area (Å²) in [4.78, 5) is 14.5. The number of likely N-dealkylation sites (tertiary alicyclic amines) is 1. The number of carbonyl (C=O) groups excluding carboxylic acids is 1. The van der Waals surface area contributed by atoms with Gasteiger partial charge in [0.15, 0.2) is 0 Å². The van der Waals surface area contributed by atoms with Gasteiger partial charge in [0.1, 0.15) is 5.75 Å². The van der Waals surface area contributed by atoms with Crippen molar-refractivity contribution in [2.75, 3.05) is 25.4 Å². The average Bonchev–Trinajstić information content (AvgIpc) is 3.43. The Balaban J connectivity index is 1.34. The van der Waals surface area contributed by atoms with Crippen LogP contribution in [0.3, 0.4) is 0 Å². The Kier molecular flexibility index (Phi) is 6.14. The number of aromatic nitrogens is 2. The second-order valence-electron chi connectivity index (χ2n) is 6.89. The van der Waals surface area contributed by atoms with Gasteiger partial charge < -0.3 is 14.1 Å². The van der Waals surface area contributed by atoms with E-state index >= 15 is 0 Å². The molecule has 4 rings (SSSR count). The first-order chi connectivity index (χ1) is 14.2. The number of amides is 1. The zero-order valence-corrected chi connectivity index (χ0v) is 17.1. The summed E-state index contributed by atoms with van der Waals surface area (Å²) in [6, 6.07) is 17.1. The van der Waals surface area contributed by atoms with Crippen molar-refractivity contribution in [3.05, 3.63) is 60.2 Å². The van der Waals surface area contributed by atoms with Crippen molar-refractivity contribution in [3.8, 4) is 17.2 Å². The van der Waals surface area contributed by atoms with Gasteiger partial charge in [-0.1, -0.05) is 42.1 Å². The van der Waals surface area contributed by atoms with Crippen molar-refractivity contribution in [1.82, 2.24) is 15.1 Å². The molecule has 1 saturated heterocycles. The fourth-order valence-corrected chi connectivity index (χ4v) is 4.29. The molecule has 0 aliphatic carbocycles. The van der Waals surface area contributed by atoms with E-state index < -0.39 is 0 Å². The maximum Gasteiger partial charge on any atom is 0.276 e. The third-order valence-corrected chi connectivity index (χ3v) is 5.91. The second kappa shape index (κ2) is 9.13. The fraction of sp³-hybridized carbons (Fsp3) is 0.318. The van der Waals surface area contributed by atoms with Gasteiger partial charge in [-0.25, -0.2) is 0 Å². The molecule has 1 unspecified atom stereocenters. The summed E-state index contributed by atoms with van der Waals surface area (Å²) in [5.74, 6) is 2.56. The molecule has 1 aliphatic rings. The highest BCUT2D eigenvalue weighted by Crippen LogP contribution is 2.32. The minimum atomic E-state index is 0.103. The van der Waals surface area contributed by atoms with Gasteiger partial charge in [-0.2, -0.15) is 0 Å². The molecule has 6 nitrogen and oxygen atoms in total. The molecule has 0 radical (unpaired) electrons. The van der Waals surface area contributed by atoms with E-state index in [9.17, 15) is 4.79 Å². The number of hydrogen-bond acceptors (Lipinski definition) is 6. The first-order valence-corrected chi connectivity index (χ1v) is 10.8. The van der Waals surface area contributed by atoms with E-state index in [2.05, 4.69) is 10.2 Å². The molecule has 1 atom stereocenters. The van der Waals surface area contributed by atoms with Crippen LogP contribution in [0.15, 0.2) is 64.2 Å². The topological polar surface area (TPSA) is 68.5 Å². The summed E-state index contributed by atoms with van der Waals surface area (Å²) >= 11 is 1.54. The maximum absolute atomic E-state index is 12.6. The number of rotatable bonds is 7. The van der Waals surface area contributed by atoms with Crippen LogP contribution >= 0.6 is 11.8 Å². The van der Waals surface area contributed by atoms with Crippen molar-refractivity contribution in [2.45, 2.75) is 18.6 Å². The van der Waals surface area contributed by atoms with Crippen LogP contribution in [0.4, 0.5) is 0 Å². The highest BCUT2D eigenvalue weighted by atomic mass is 32.2. The highest BCUT2D eigenvalue weighted by molar-refractivity contribution is 7.99. The Morgan fingerprint density at radius 1 is 1.17 bits per heavy atom. The highest BCUT2D eigenvalue weighted by Gasteiger charge is 2.27. The third-order valence-electron chi connectivity index (χ3n) is 4.86. The van der Waals surface area contributed by atoms with Crippen molar-refractivity contribution in [3.63, 3.8) is 0 Å². The lowest BCUT2D eigenvalue weighted by molar-refractivity contribution is 0.0788. The summed E-state index contributed by atoms with van der Waals surface area (Å²) in [5, 5.41) is 8.88. The molecule has 0 N–H and O–H groups in total. The van der Waals surface area contributed by atoms with Gasteiger partial charge in [-0.05, 0) is 43.5 Å². The van der Waals surface area contributed by atoms with Crippen LogP contribution in [0, 0.1) is 5.92 Å². The Morgan fingerprint density at radius 3 is 2.79 bits per heavy atom. The molecule has 0 spiro atoms. The van der Waals surface area contributed by atoms with E-state index in [4.69, 9.17) is 9.15 Å². The summed E-state index contributed by atoms with van der Waals surface area (Å²) < 4.78 is 11.5. The van der Waals surface area contributed by atoms with E-state index in [1.807, 2.05) is 66.4 Å². The third kappa shape index (κ3) is 4.62. The quantitative estimate of drug-likeness (QED) is 0.539. The minimum absolute atomic E-state index is 0.103. The molecule has 7 heteroatoms. The van der Waals surface area contributed by atoms with Crippen molar-refractivity contribution >= 4 is 17.7 Å². The summed E-state index contributed by atoms with van der Waals surface area (Å²) in [5.41, 5.74) is 1.55. The number of nitrogens with zero attached hydrogens (tertiary/aromatic N) is 3. The van der Waals surface area contributed by atoms with Gasteiger partial charge in [0.2, 0.25) is 0 Å². The lowest BCUT2D eigenvalue weighted by atomic mass is 10.1. The average molecular weight is 410 g/mol. The predicted molar refractivity (Wildman–Crippen MR) is 112 cm³/mol. The van der Waals surface area contributed by atoms with E-state index in [1.54, 1.807) is 11.8 Å². The molecule has 1 aromatic heterocycles. The molecular weight excluding hydrogens is 386 g/mol. The Bertz CT molecular complexity index is 961. The molecule has 0 saturated carbocycles. The van der Waals surface area contributed by atoms with Crippen molar-refractivity contribution < 1.29 is 13.9 Å². The molecule has 150 valence electrons. The number of hydrogen-bond donors (Lipinski definition) is 0. The standard InChI is InChI=1S/C22H23N3O3S/c1-2-27-19-11-7-6-10-18(19)20-23-24-22(28-20)29-15-16-12-13-25(14-16)21(26)17-8-4-3-5-9-17/h3-11,16H,2,12-15H2,1H3. The first-order valence-electron chi connectivity index (χ1n) is 9.77. The minimum Gasteiger partial charge on any atom is -0.493 e. The second-order valence-corrected chi connectivity index (χ2v) is 7.86. The van der Waals surface area contributed by atoms with Gasteiger partial charge in [0.25, 0.3) is 17.0 Å².